The maximum absolute atomic E-state index is 12.6. The molecule has 2 heterocycles. The minimum Gasteiger partial charge on any atom is -0.481 e. The Labute approximate surface area is 126 Å². The van der Waals surface area contributed by atoms with Crippen LogP contribution in [0, 0.1) is 10.8 Å². The topological polar surface area (TPSA) is 66.8 Å². The van der Waals surface area contributed by atoms with Gasteiger partial charge in [0.25, 0.3) is 0 Å². The molecule has 120 valence electrons. The van der Waals surface area contributed by atoms with E-state index in [0.29, 0.717) is 6.42 Å². The first-order valence-corrected chi connectivity index (χ1v) is 7.85. The number of carbonyl (C=O) groups excluding carboxylic acids is 1. The molecule has 2 saturated heterocycles. The molecule has 1 atom stereocenters. The van der Waals surface area contributed by atoms with Crippen LogP contribution >= 0.6 is 0 Å². The molecule has 0 radical (unpaired) electrons. The molecule has 2 rings (SSSR count). The second-order valence-corrected chi connectivity index (χ2v) is 7.40. The summed E-state index contributed by atoms with van der Waals surface area (Å²) in [7, 11) is 0. The molecule has 1 spiro atoms. The summed E-state index contributed by atoms with van der Waals surface area (Å²) in [6, 6.07) is 0.231. The number of carboxylic acid groups (broad SMARTS) is 1. The molecule has 0 bridgehead atoms. The number of amides is 1. The van der Waals surface area contributed by atoms with E-state index in [1.165, 1.54) is 0 Å². The molecule has 0 aromatic carbocycles. The molecule has 1 amide bonds. The number of nitrogens with zero attached hydrogens (tertiary/aromatic N) is 1. The fourth-order valence-corrected chi connectivity index (χ4v) is 3.85. The number of aliphatic carboxylic acids is 1. The molecule has 0 aliphatic carbocycles. The van der Waals surface area contributed by atoms with E-state index in [0.717, 1.165) is 39.0 Å². The Morgan fingerprint density at radius 1 is 1.24 bits per heavy atom. The second kappa shape index (κ2) is 5.95. The Kier molecular flexibility index (Phi) is 4.61. The quantitative estimate of drug-likeness (QED) is 0.864. The summed E-state index contributed by atoms with van der Waals surface area (Å²) in [4.78, 5) is 25.4. The first-order chi connectivity index (χ1) is 9.76. The highest BCUT2D eigenvalue weighted by molar-refractivity contribution is 5.78. The molecule has 5 nitrogen and oxygen atoms in total. The Morgan fingerprint density at radius 2 is 1.86 bits per heavy atom. The number of carbonyl (C=O) groups is 2. The van der Waals surface area contributed by atoms with E-state index in [-0.39, 0.29) is 23.8 Å². The van der Waals surface area contributed by atoms with Crippen molar-refractivity contribution in [2.45, 2.75) is 58.9 Å². The van der Waals surface area contributed by atoms with Crippen LogP contribution in [0.25, 0.3) is 0 Å². The average molecular weight is 297 g/mol. The number of hydrogen-bond acceptors (Lipinski definition) is 3. The summed E-state index contributed by atoms with van der Waals surface area (Å²) in [5, 5.41) is 8.94. The zero-order valence-corrected chi connectivity index (χ0v) is 13.4. The molecular formula is C16H27NO4. The van der Waals surface area contributed by atoms with E-state index in [1.54, 1.807) is 0 Å². The van der Waals surface area contributed by atoms with Crippen molar-refractivity contribution >= 4 is 11.9 Å². The van der Waals surface area contributed by atoms with E-state index in [1.807, 2.05) is 18.7 Å². The highest BCUT2D eigenvalue weighted by Crippen LogP contribution is 2.45. The van der Waals surface area contributed by atoms with Gasteiger partial charge in [0.05, 0.1) is 6.42 Å². The third-order valence-electron chi connectivity index (χ3n) is 5.27. The van der Waals surface area contributed by atoms with Crippen LogP contribution < -0.4 is 0 Å². The van der Waals surface area contributed by atoms with Crippen molar-refractivity contribution in [3.8, 4) is 0 Å². The monoisotopic (exact) mass is 297 g/mol. The lowest BCUT2D eigenvalue weighted by atomic mass is 9.74. The predicted octanol–water partition coefficient (Wildman–Crippen LogP) is 2.30. The van der Waals surface area contributed by atoms with Crippen molar-refractivity contribution < 1.29 is 19.4 Å². The van der Waals surface area contributed by atoms with Crippen molar-refractivity contribution in [1.29, 1.82) is 0 Å². The predicted molar refractivity (Wildman–Crippen MR) is 78.9 cm³/mol. The van der Waals surface area contributed by atoms with Crippen molar-refractivity contribution in [1.82, 2.24) is 4.90 Å². The normalized spacial score (nSPS) is 25.3. The van der Waals surface area contributed by atoms with Crippen molar-refractivity contribution in [2.75, 3.05) is 19.8 Å². The van der Waals surface area contributed by atoms with Crippen LogP contribution in [-0.2, 0) is 14.3 Å². The Hall–Kier alpha value is -1.10. The van der Waals surface area contributed by atoms with Crippen molar-refractivity contribution in [2.24, 2.45) is 10.8 Å². The highest BCUT2D eigenvalue weighted by Gasteiger charge is 2.47. The molecule has 5 heteroatoms. The van der Waals surface area contributed by atoms with E-state index >= 15 is 0 Å². The summed E-state index contributed by atoms with van der Waals surface area (Å²) in [5.74, 6) is -0.750. The van der Waals surface area contributed by atoms with Crippen molar-refractivity contribution in [3.05, 3.63) is 0 Å². The van der Waals surface area contributed by atoms with Crippen LogP contribution in [-0.4, -0.2) is 47.7 Å². The number of ether oxygens (including phenoxy) is 1. The van der Waals surface area contributed by atoms with Crippen LogP contribution in [0.2, 0.25) is 0 Å². The van der Waals surface area contributed by atoms with Crippen LogP contribution in [0.1, 0.15) is 52.9 Å². The SMILES string of the molecule is CC1N(C(=O)CC(C)(C)CC(=O)O)CCC12CCOCC2. The fraction of sp³-hybridized carbons (Fsp3) is 0.875. The van der Waals surface area contributed by atoms with Gasteiger partial charge in [0.1, 0.15) is 0 Å². The van der Waals surface area contributed by atoms with Gasteiger partial charge in [0.15, 0.2) is 0 Å². The number of hydrogen-bond donors (Lipinski definition) is 1. The lowest BCUT2D eigenvalue weighted by Gasteiger charge is -2.39. The van der Waals surface area contributed by atoms with E-state index in [2.05, 4.69) is 6.92 Å². The standard InChI is InChI=1S/C16H27NO4/c1-12-16(5-8-21-9-6-16)4-7-17(12)13(18)10-15(2,3)11-14(19)20/h12H,4-11H2,1-3H3,(H,19,20). The zero-order valence-electron chi connectivity index (χ0n) is 13.4. The molecule has 2 aliphatic heterocycles. The molecule has 0 saturated carbocycles. The van der Waals surface area contributed by atoms with Gasteiger partial charge in [0.2, 0.25) is 5.91 Å². The Morgan fingerprint density at radius 3 is 2.43 bits per heavy atom. The molecule has 2 aliphatic rings. The number of likely N-dealkylation sites (tertiary alicyclic amines) is 1. The summed E-state index contributed by atoms with van der Waals surface area (Å²) >= 11 is 0. The summed E-state index contributed by atoms with van der Waals surface area (Å²) in [5.41, 5.74) is -0.279. The minimum atomic E-state index is -0.844. The van der Waals surface area contributed by atoms with Gasteiger partial charge in [-0.15, -0.1) is 0 Å². The van der Waals surface area contributed by atoms with E-state index in [9.17, 15) is 9.59 Å². The minimum absolute atomic E-state index is 0.0277. The molecular weight excluding hydrogens is 270 g/mol. The Balaban J connectivity index is 1.99. The molecule has 2 fully saturated rings. The fourth-order valence-electron chi connectivity index (χ4n) is 3.85. The molecule has 1 N–H and O–H groups in total. The van der Waals surface area contributed by atoms with Gasteiger partial charge in [-0.2, -0.15) is 0 Å². The average Bonchev–Trinajstić information content (AvgIpc) is 2.66. The lowest BCUT2D eigenvalue weighted by molar-refractivity contribution is -0.141. The summed E-state index contributed by atoms with van der Waals surface area (Å²) < 4.78 is 5.46. The third-order valence-corrected chi connectivity index (χ3v) is 5.27. The third kappa shape index (κ3) is 3.57. The lowest BCUT2D eigenvalue weighted by Crippen LogP contribution is -2.44. The number of carboxylic acids is 1. The first-order valence-electron chi connectivity index (χ1n) is 7.85. The first kappa shape index (κ1) is 16.3. The molecule has 0 aromatic heterocycles. The molecule has 0 aromatic rings. The van der Waals surface area contributed by atoms with Gasteiger partial charge in [0, 0.05) is 32.2 Å². The van der Waals surface area contributed by atoms with Crippen LogP contribution in [0.3, 0.4) is 0 Å². The maximum Gasteiger partial charge on any atom is 0.303 e. The van der Waals surface area contributed by atoms with Gasteiger partial charge in [-0.05, 0) is 37.0 Å². The maximum atomic E-state index is 12.6. The van der Waals surface area contributed by atoms with Crippen molar-refractivity contribution in [3.63, 3.8) is 0 Å². The van der Waals surface area contributed by atoms with Gasteiger partial charge >= 0.3 is 5.97 Å². The molecule has 21 heavy (non-hydrogen) atoms. The van der Waals surface area contributed by atoms with Crippen LogP contribution in [0.4, 0.5) is 0 Å². The van der Waals surface area contributed by atoms with Crippen LogP contribution in [0.5, 0.6) is 0 Å². The van der Waals surface area contributed by atoms with E-state index < -0.39 is 11.4 Å². The van der Waals surface area contributed by atoms with E-state index in [4.69, 9.17) is 9.84 Å². The largest absolute Gasteiger partial charge is 0.481 e. The van der Waals surface area contributed by atoms with Gasteiger partial charge in [-0.1, -0.05) is 13.8 Å². The smallest absolute Gasteiger partial charge is 0.303 e. The van der Waals surface area contributed by atoms with Gasteiger partial charge < -0.3 is 14.7 Å². The second-order valence-electron chi connectivity index (χ2n) is 7.40. The van der Waals surface area contributed by atoms with Crippen LogP contribution in [0.15, 0.2) is 0 Å². The zero-order chi connectivity index (χ0) is 15.7. The molecule has 1 unspecified atom stereocenters. The Bertz CT molecular complexity index is 413. The summed E-state index contributed by atoms with van der Waals surface area (Å²) in [6.45, 7) is 8.21. The highest BCUT2D eigenvalue weighted by atomic mass is 16.5. The number of rotatable bonds is 4. The van der Waals surface area contributed by atoms with Gasteiger partial charge in [-0.25, -0.2) is 0 Å². The van der Waals surface area contributed by atoms with Gasteiger partial charge in [-0.3, -0.25) is 9.59 Å². The summed E-state index contributed by atoms with van der Waals surface area (Å²) in [6.07, 6.45) is 3.42.